The molecule has 0 radical (unpaired) electrons. The number of sulfone groups is 1. The van der Waals surface area contributed by atoms with Gasteiger partial charge in [0.15, 0.2) is 9.84 Å². The molecule has 4 nitrogen and oxygen atoms in total. The SMILES string of the molecule is O=C(O)c1ccc(F)c(S(=O)(=O)Cc2cccs2)c1. The fraction of sp³-hybridized carbons (Fsp3) is 0.0833. The molecule has 0 saturated heterocycles. The lowest BCUT2D eigenvalue weighted by Crippen LogP contribution is -2.08. The topological polar surface area (TPSA) is 71.4 Å². The van der Waals surface area contributed by atoms with E-state index in [0.717, 1.165) is 18.2 Å². The third kappa shape index (κ3) is 2.99. The van der Waals surface area contributed by atoms with Gasteiger partial charge in [0.05, 0.1) is 11.3 Å². The minimum atomic E-state index is -3.90. The number of rotatable bonds is 4. The summed E-state index contributed by atoms with van der Waals surface area (Å²) in [5.74, 6) is -2.58. The number of thiophene rings is 1. The maximum Gasteiger partial charge on any atom is 0.335 e. The molecule has 0 fully saturated rings. The van der Waals surface area contributed by atoms with Crippen LogP contribution in [0.4, 0.5) is 4.39 Å². The van der Waals surface area contributed by atoms with Crippen LogP contribution in [-0.2, 0) is 15.6 Å². The molecule has 2 rings (SSSR count). The predicted octanol–water partition coefficient (Wildman–Crippen LogP) is 2.56. The van der Waals surface area contributed by atoms with Gasteiger partial charge in [-0.05, 0) is 29.6 Å². The summed E-state index contributed by atoms with van der Waals surface area (Å²) < 4.78 is 37.7. The first-order chi connectivity index (χ1) is 8.90. The highest BCUT2D eigenvalue weighted by atomic mass is 32.2. The zero-order chi connectivity index (χ0) is 14.0. The first-order valence-corrected chi connectivity index (χ1v) is 7.71. The maximum absolute atomic E-state index is 13.6. The monoisotopic (exact) mass is 300 g/mol. The number of benzene rings is 1. The Bertz CT molecular complexity index is 705. The van der Waals surface area contributed by atoms with Crippen molar-refractivity contribution in [3.05, 3.63) is 52.0 Å². The van der Waals surface area contributed by atoms with Crippen molar-refractivity contribution in [3.63, 3.8) is 0 Å². The van der Waals surface area contributed by atoms with Crippen LogP contribution in [0.25, 0.3) is 0 Å². The lowest BCUT2D eigenvalue weighted by atomic mass is 10.2. The average Bonchev–Trinajstić information content (AvgIpc) is 2.81. The molecule has 100 valence electrons. The van der Waals surface area contributed by atoms with Crippen LogP contribution in [0.2, 0.25) is 0 Å². The molecule has 0 spiro atoms. The van der Waals surface area contributed by atoms with Crippen LogP contribution < -0.4 is 0 Å². The Morgan fingerprint density at radius 2 is 2.05 bits per heavy atom. The van der Waals surface area contributed by atoms with E-state index in [4.69, 9.17) is 5.11 Å². The van der Waals surface area contributed by atoms with Crippen molar-refractivity contribution in [1.82, 2.24) is 0 Å². The van der Waals surface area contributed by atoms with E-state index in [1.54, 1.807) is 17.5 Å². The average molecular weight is 300 g/mol. The van der Waals surface area contributed by atoms with Gasteiger partial charge < -0.3 is 5.11 Å². The molecule has 1 N–H and O–H groups in total. The van der Waals surface area contributed by atoms with Crippen molar-refractivity contribution < 1.29 is 22.7 Å². The zero-order valence-electron chi connectivity index (χ0n) is 9.54. The summed E-state index contributed by atoms with van der Waals surface area (Å²) >= 11 is 1.24. The fourth-order valence-electron chi connectivity index (χ4n) is 1.53. The second-order valence-corrected chi connectivity index (χ2v) is 6.78. The summed E-state index contributed by atoms with van der Waals surface area (Å²) in [5.41, 5.74) is -0.258. The highest BCUT2D eigenvalue weighted by Gasteiger charge is 2.22. The van der Waals surface area contributed by atoms with E-state index in [9.17, 15) is 17.6 Å². The van der Waals surface area contributed by atoms with Crippen LogP contribution in [0.1, 0.15) is 15.2 Å². The van der Waals surface area contributed by atoms with Gasteiger partial charge in [0.2, 0.25) is 0 Å². The molecule has 0 unspecified atom stereocenters. The van der Waals surface area contributed by atoms with Gasteiger partial charge >= 0.3 is 5.97 Å². The lowest BCUT2D eigenvalue weighted by Gasteiger charge is -2.05. The molecular formula is C12H9FO4S2. The number of hydrogen-bond acceptors (Lipinski definition) is 4. The van der Waals surface area contributed by atoms with Crippen LogP contribution in [0, 0.1) is 5.82 Å². The summed E-state index contributed by atoms with van der Waals surface area (Å²) in [6.45, 7) is 0. The smallest absolute Gasteiger partial charge is 0.335 e. The van der Waals surface area contributed by atoms with E-state index in [-0.39, 0.29) is 11.3 Å². The normalized spacial score (nSPS) is 11.4. The third-order valence-electron chi connectivity index (χ3n) is 2.43. The highest BCUT2D eigenvalue weighted by molar-refractivity contribution is 7.90. The molecule has 1 aromatic carbocycles. The van der Waals surface area contributed by atoms with E-state index in [1.165, 1.54) is 11.3 Å². The van der Waals surface area contributed by atoms with Gasteiger partial charge in [-0.3, -0.25) is 0 Å². The molecule has 0 aliphatic rings. The number of halogens is 1. The summed E-state index contributed by atoms with van der Waals surface area (Å²) in [6, 6.07) is 6.05. The molecule has 19 heavy (non-hydrogen) atoms. The van der Waals surface area contributed by atoms with Gasteiger partial charge in [-0.25, -0.2) is 17.6 Å². The molecule has 7 heteroatoms. The number of carboxylic acids is 1. The number of carboxylic acid groups (broad SMARTS) is 1. The molecule has 0 aliphatic heterocycles. The van der Waals surface area contributed by atoms with E-state index < -0.39 is 26.5 Å². The Kier molecular flexibility index (Phi) is 3.68. The van der Waals surface area contributed by atoms with Crippen molar-refractivity contribution in [2.24, 2.45) is 0 Å². The van der Waals surface area contributed by atoms with Crippen molar-refractivity contribution in [3.8, 4) is 0 Å². The molecular weight excluding hydrogens is 291 g/mol. The van der Waals surface area contributed by atoms with Crippen LogP contribution in [0.15, 0.2) is 40.6 Å². The quantitative estimate of drug-likeness (QED) is 0.942. The summed E-state index contributed by atoms with van der Waals surface area (Å²) in [5, 5.41) is 10.5. The molecule has 2 aromatic rings. The van der Waals surface area contributed by atoms with Crippen LogP contribution in [0.5, 0.6) is 0 Å². The summed E-state index contributed by atoms with van der Waals surface area (Å²) in [7, 11) is -3.90. The van der Waals surface area contributed by atoms with Crippen LogP contribution in [-0.4, -0.2) is 19.5 Å². The van der Waals surface area contributed by atoms with Gasteiger partial charge in [0.25, 0.3) is 0 Å². The van der Waals surface area contributed by atoms with Gasteiger partial charge in [-0.15, -0.1) is 11.3 Å². The Balaban J connectivity index is 2.45. The first kappa shape index (κ1) is 13.7. The van der Waals surface area contributed by atoms with Crippen molar-refractivity contribution >= 4 is 27.1 Å². The first-order valence-electron chi connectivity index (χ1n) is 5.18. The molecule has 0 bridgehead atoms. The highest BCUT2D eigenvalue weighted by Crippen LogP contribution is 2.23. The Hall–Kier alpha value is -1.73. The van der Waals surface area contributed by atoms with Gasteiger partial charge in [-0.1, -0.05) is 6.07 Å². The standard InChI is InChI=1S/C12H9FO4S2/c13-10-4-3-8(12(14)15)6-11(10)19(16,17)7-9-2-1-5-18-9/h1-6H,7H2,(H,14,15). The molecule has 0 aliphatic carbocycles. The largest absolute Gasteiger partial charge is 0.478 e. The number of carbonyl (C=O) groups is 1. The van der Waals surface area contributed by atoms with Gasteiger partial charge in [0.1, 0.15) is 10.7 Å². The van der Waals surface area contributed by atoms with Crippen molar-refractivity contribution in [1.29, 1.82) is 0 Å². The van der Waals surface area contributed by atoms with Gasteiger partial charge in [0, 0.05) is 4.88 Å². The molecule has 1 heterocycles. The lowest BCUT2D eigenvalue weighted by molar-refractivity contribution is 0.0696. The molecule has 0 amide bonds. The minimum absolute atomic E-state index is 0.258. The fourth-order valence-corrected chi connectivity index (χ4v) is 4.06. The third-order valence-corrected chi connectivity index (χ3v) is 5.16. The minimum Gasteiger partial charge on any atom is -0.478 e. The number of aromatic carboxylic acids is 1. The van der Waals surface area contributed by atoms with Crippen LogP contribution in [0.3, 0.4) is 0 Å². The second kappa shape index (κ2) is 5.10. The van der Waals surface area contributed by atoms with Gasteiger partial charge in [-0.2, -0.15) is 0 Å². The van der Waals surface area contributed by atoms with E-state index >= 15 is 0 Å². The van der Waals surface area contributed by atoms with E-state index in [0.29, 0.717) is 4.88 Å². The Labute approximate surface area is 113 Å². The molecule has 0 atom stereocenters. The summed E-state index contributed by atoms with van der Waals surface area (Å²) in [4.78, 5) is 10.8. The molecule has 1 aromatic heterocycles. The second-order valence-electron chi connectivity index (χ2n) is 3.79. The van der Waals surface area contributed by atoms with Crippen molar-refractivity contribution in [2.45, 2.75) is 10.6 Å². The zero-order valence-corrected chi connectivity index (χ0v) is 11.2. The predicted molar refractivity (Wildman–Crippen MR) is 68.6 cm³/mol. The summed E-state index contributed by atoms with van der Waals surface area (Å²) in [6.07, 6.45) is 0. The molecule has 0 saturated carbocycles. The maximum atomic E-state index is 13.6. The van der Waals surface area contributed by atoms with Crippen molar-refractivity contribution in [2.75, 3.05) is 0 Å². The number of hydrogen-bond donors (Lipinski definition) is 1. The van der Waals surface area contributed by atoms with E-state index in [2.05, 4.69) is 0 Å². The van der Waals surface area contributed by atoms with E-state index in [1.807, 2.05) is 0 Å². The Morgan fingerprint density at radius 1 is 1.32 bits per heavy atom. The Morgan fingerprint density at radius 3 is 2.63 bits per heavy atom. The van der Waals surface area contributed by atoms with Crippen LogP contribution >= 0.6 is 11.3 Å².